The number of aliphatic hydroxyl groups is 1. The summed E-state index contributed by atoms with van der Waals surface area (Å²) in [5.41, 5.74) is 0.583. The van der Waals surface area contributed by atoms with Gasteiger partial charge in [0, 0.05) is 25.8 Å². The highest BCUT2D eigenvalue weighted by Crippen LogP contribution is 2.18. The fraction of sp³-hybridized carbons (Fsp3) is 0.538. The fourth-order valence-corrected chi connectivity index (χ4v) is 2.06. The van der Waals surface area contributed by atoms with Gasteiger partial charge in [-0.2, -0.15) is 0 Å². The van der Waals surface area contributed by atoms with Crippen LogP contribution in [0.3, 0.4) is 0 Å². The lowest BCUT2D eigenvalue weighted by molar-refractivity contribution is 0.0765. The Balaban J connectivity index is 2.14. The SMILES string of the molecule is CCCNc1ncccc1C(=O)N1CCC(O)C1. The predicted molar refractivity (Wildman–Crippen MR) is 69.5 cm³/mol. The Morgan fingerprint density at radius 3 is 3.17 bits per heavy atom. The molecule has 1 amide bonds. The lowest BCUT2D eigenvalue weighted by atomic mass is 10.2. The van der Waals surface area contributed by atoms with Gasteiger partial charge >= 0.3 is 0 Å². The molecule has 1 unspecified atom stereocenters. The van der Waals surface area contributed by atoms with E-state index in [-0.39, 0.29) is 5.91 Å². The quantitative estimate of drug-likeness (QED) is 0.839. The van der Waals surface area contributed by atoms with Crippen LogP contribution in [-0.4, -0.2) is 46.6 Å². The molecule has 2 heterocycles. The minimum atomic E-state index is -0.391. The third kappa shape index (κ3) is 2.79. The average molecular weight is 249 g/mol. The van der Waals surface area contributed by atoms with E-state index in [1.807, 2.05) is 0 Å². The maximum absolute atomic E-state index is 12.3. The predicted octanol–water partition coefficient (Wildman–Crippen LogP) is 1.11. The van der Waals surface area contributed by atoms with Crippen LogP contribution in [0.5, 0.6) is 0 Å². The smallest absolute Gasteiger partial charge is 0.257 e. The van der Waals surface area contributed by atoms with Crippen LogP contribution in [-0.2, 0) is 0 Å². The number of hydrogen-bond donors (Lipinski definition) is 2. The highest BCUT2D eigenvalue weighted by molar-refractivity contribution is 5.98. The first-order chi connectivity index (χ1) is 8.72. The summed E-state index contributed by atoms with van der Waals surface area (Å²) >= 11 is 0. The number of likely N-dealkylation sites (tertiary alicyclic amines) is 1. The van der Waals surface area contributed by atoms with E-state index in [0.717, 1.165) is 13.0 Å². The van der Waals surface area contributed by atoms with Crippen LogP contribution in [0.25, 0.3) is 0 Å². The zero-order chi connectivity index (χ0) is 13.0. The first kappa shape index (κ1) is 12.8. The Morgan fingerprint density at radius 2 is 2.50 bits per heavy atom. The number of hydrogen-bond acceptors (Lipinski definition) is 4. The first-order valence-electron chi connectivity index (χ1n) is 6.38. The number of nitrogens with zero attached hydrogens (tertiary/aromatic N) is 2. The van der Waals surface area contributed by atoms with Crippen molar-refractivity contribution < 1.29 is 9.90 Å². The second kappa shape index (κ2) is 5.82. The molecule has 0 radical (unpaired) electrons. The number of anilines is 1. The van der Waals surface area contributed by atoms with Gasteiger partial charge in [-0.25, -0.2) is 4.98 Å². The summed E-state index contributed by atoms with van der Waals surface area (Å²) in [7, 11) is 0. The highest BCUT2D eigenvalue weighted by atomic mass is 16.3. The number of aromatic nitrogens is 1. The van der Waals surface area contributed by atoms with Crippen LogP contribution in [0.1, 0.15) is 30.1 Å². The topological polar surface area (TPSA) is 65.5 Å². The lowest BCUT2D eigenvalue weighted by Crippen LogP contribution is -2.30. The fourth-order valence-electron chi connectivity index (χ4n) is 2.06. The number of nitrogens with one attached hydrogen (secondary N) is 1. The van der Waals surface area contributed by atoms with Gasteiger partial charge in [-0.05, 0) is 25.0 Å². The summed E-state index contributed by atoms with van der Waals surface area (Å²) < 4.78 is 0. The number of pyridine rings is 1. The molecule has 0 saturated carbocycles. The summed E-state index contributed by atoms with van der Waals surface area (Å²) in [5.74, 6) is 0.573. The summed E-state index contributed by atoms with van der Waals surface area (Å²) in [6.07, 6.45) is 2.92. The molecule has 0 spiro atoms. The van der Waals surface area contributed by atoms with E-state index in [2.05, 4.69) is 17.2 Å². The molecule has 5 heteroatoms. The minimum Gasteiger partial charge on any atom is -0.391 e. The van der Waals surface area contributed by atoms with Gasteiger partial charge in [0.25, 0.3) is 5.91 Å². The van der Waals surface area contributed by atoms with Crippen molar-refractivity contribution in [1.82, 2.24) is 9.88 Å². The van der Waals surface area contributed by atoms with Gasteiger partial charge in [-0.15, -0.1) is 0 Å². The van der Waals surface area contributed by atoms with E-state index in [9.17, 15) is 9.90 Å². The van der Waals surface area contributed by atoms with Crippen LogP contribution in [0, 0.1) is 0 Å². The average Bonchev–Trinajstić information content (AvgIpc) is 2.82. The largest absolute Gasteiger partial charge is 0.391 e. The Labute approximate surface area is 107 Å². The van der Waals surface area contributed by atoms with Gasteiger partial charge in [0.05, 0.1) is 11.7 Å². The Morgan fingerprint density at radius 1 is 1.67 bits per heavy atom. The molecule has 18 heavy (non-hydrogen) atoms. The monoisotopic (exact) mass is 249 g/mol. The molecule has 1 aromatic rings. The molecule has 2 rings (SSSR count). The summed E-state index contributed by atoms with van der Waals surface area (Å²) in [5, 5.41) is 12.6. The Bertz CT molecular complexity index is 422. The lowest BCUT2D eigenvalue weighted by Gasteiger charge is -2.17. The van der Waals surface area contributed by atoms with Crippen LogP contribution < -0.4 is 5.32 Å². The van der Waals surface area contributed by atoms with Gasteiger partial charge in [0.15, 0.2) is 0 Å². The van der Waals surface area contributed by atoms with Crippen molar-refractivity contribution in [3.05, 3.63) is 23.9 Å². The molecule has 1 aliphatic heterocycles. The molecule has 1 aromatic heterocycles. The summed E-state index contributed by atoms with van der Waals surface area (Å²) in [6.45, 7) is 3.89. The van der Waals surface area contributed by atoms with Crippen molar-refractivity contribution in [1.29, 1.82) is 0 Å². The van der Waals surface area contributed by atoms with Crippen LogP contribution in [0.15, 0.2) is 18.3 Å². The molecule has 1 atom stereocenters. The van der Waals surface area contributed by atoms with E-state index in [1.165, 1.54) is 0 Å². The van der Waals surface area contributed by atoms with Gasteiger partial charge in [-0.3, -0.25) is 4.79 Å². The number of amides is 1. The normalized spacial score (nSPS) is 19.0. The molecule has 1 fully saturated rings. The van der Waals surface area contributed by atoms with E-state index < -0.39 is 6.10 Å². The van der Waals surface area contributed by atoms with E-state index in [4.69, 9.17) is 0 Å². The van der Waals surface area contributed by atoms with E-state index >= 15 is 0 Å². The van der Waals surface area contributed by atoms with Crippen molar-refractivity contribution in [2.24, 2.45) is 0 Å². The second-order valence-electron chi connectivity index (χ2n) is 4.52. The molecule has 0 bridgehead atoms. The zero-order valence-corrected chi connectivity index (χ0v) is 10.6. The van der Waals surface area contributed by atoms with Crippen molar-refractivity contribution in [2.75, 3.05) is 25.0 Å². The van der Waals surface area contributed by atoms with Gasteiger partial charge < -0.3 is 15.3 Å². The van der Waals surface area contributed by atoms with Crippen molar-refractivity contribution in [3.8, 4) is 0 Å². The molecule has 1 saturated heterocycles. The van der Waals surface area contributed by atoms with Crippen molar-refractivity contribution in [2.45, 2.75) is 25.9 Å². The number of carbonyl (C=O) groups is 1. The third-order valence-electron chi connectivity index (χ3n) is 3.03. The zero-order valence-electron chi connectivity index (χ0n) is 10.6. The van der Waals surface area contributed by atoms with Crippen molar-refractivity contribution in [3.63, 3.8) is 0 Å². The molecule has 5 nitrogen and oxygen atoms in total. The minimum absolute atomic E-state index is 0.0572. The third-order valence-corrected chi connectivity index (χ3v) is 3.03. The second-order valence-corrected chi connectivity index (χ2v) is 4.52. The van der Waals surface area contributed by atoms with Crippen LogP contribution in [0.2, 0.25) is 0 Å². The maximum Gasteiger partial charge on any atom is 0.257 e. The summed E-state index contributed by atoms with van der Waals surface area (Å²) in [4.78, 5) is 18.2. The molecule has 1 aliphatic rings. The molecule has 98 valence electrons. The first-order valence-corrected chi connectivity index (χ1v) is 6.38. The molecular formula is C13H19N3O2. The maximum atomic E-state index is 12.3. The number of aliphatic hydroxyl groups excluding tert-OH is 1. The number of carbonyl (C=O) groups excluding carboxylic acids is 1. The number of β-amino-alcohol motifs (C(OH)–C–C–N with tert-alkyl or cyclic N) is 1. The Kier molecular flexibility index (Phi) is 4.15. The van der Waals surface area contributed by atoms with E-state index in [0.29, 0.717) is 30.9 Å². The van der Waals surface area contributed by atoms with Gasteiger partial charge in [-0.1, -0.05) is 6.92 Å². The molecule has 0 aliphatic carbocycles. The van der Waals surface area contributed by atoms with Crippen LogP contribution in [0.4, 0.5) is 5.82 Å². The van der Waals surface area contributed by atoms with Crippen molar-refractivity contribution >= 4 is 11.7 Å². The highest BCUT2D eigenvalue weighted by Gasteiger charge is 2.26. The van der Waals surface area contributed by atoms with Gasteiger partial charge in [0.1, 0.15) is 5.82 Å². The molecular weight excluding hydrogens is 230 g/mol. The number of rotatable bonds is 4. The standard InChI is InChI=1S/C13H19N3O2/c1-2-6-14-12-11(4-3-7-15-12)13(18)16-8-5-10(17)9-16/h3-4,7,10,17H,2,5-6,8-9H2,1H3,(H,14,15). The Hall–Kier alpha value is -1.62. The molecule has 2 N–H and O–H groups in total. The van der Waals surface area contributed by atoms with Gasteiger partial charge in [0.2, 0.25) is 0 Å². The summed E-state index contributed by atoms with van der Waals surface area (Å²) in [6, 6.07) is 3.54. The van der Waals surface area contributed by atoms with Crippen LogP contribution >= 0.6 is 0 Å². The van der Waals surface area contributed by atoms with E-state index in [1.54, 1.807) is 23.2 Å². The molecule has 0 aromatic carbocycles.